The average molecular weight is 490 g/mol. The number of ether oxygens (including phenoxy) is 4. The van der Waals surface area contributed by atoms with Crippen LogP contribution in [0.25, 0.3) is 22.3 Å². The summed E-state index contributed by atoms with van der Waals surface area (Å²) in [5.41, 5.74) is -0.162. The summed E-state index contributed by atoms with van der Waals surface area (Å²) in [5, 5.41) is 49.9. The van der Waals surface area contributed by atoms with Crippen LogP contribution in [-0.4, -0.2) is 76.4 Å². The van der Waals surface area contributed by atoms with Gasteiger partial charge >= 0.3 is 5.97 Å². The number of aliphatic hydroxyl groups excluding tert-OH is 3. The standard InChI is InChI=1S/C23H22O12/c1-31-10-5-3-9(4-6-10)12-7-11(24)15-13(33-12)8-14(20(32-2)16(15)25)34-23-19(28)17(26)18(27)21(35-23)22(29)30/h3-8,17-19,21,23,25-28H,1-2H3,(H,29,30)/t17-,18-,19?,21?,23+/m0/s1. The Morgan fingerprint density at radius 2 is 1.66 bits per heavy atom. The van der Waals surface area contributed by atoms with Crippen molar-refractivity contribution in [3.05, 3.63) is 46.6 Å². The third-order valence-corrected chi connectivity index (χ3v) is 5.55. The summed E-state index contributed by atoms with van der Waals surface area (Å²) < 4.78 is 26.7. The van der Waals surface area contributed by atoms with Crippen molar-refractivity contribution in [1.82, 2.24) is 0 Å². The van der Waals surface area contributed by atoms with Crippen LogP contribution in [0.2, 0.25) is 0 Å². The normalized spacial score (nSPS) is 24.2. The van der Waals surface area contributed by atoms with Gasteiger partial charge in [-0.2, -0.15) is 0 Å². The molecule has 2 unspecified atom stereocenters. The largest absolute Gasteiger partial charge is 0.504 e. The minimum absolute atomic E-state index is 0.114. The number of fused-ring (bicyclic) bond motifs is 1. The molecule has 1 aliphatic rings. The number of hydrogen-bond donors (Lipinski definition) is 5. The predicted molar refractivity (Wildman–Crippen MR) is 118 cm³/mol. The third-order valence-electron chi connectivity index (χ3n) is 5.55. The van der Waals surface area contributed by atoms with Crippen molar-refractivity contribution in [2.45, 2.75) is 30.7 Å². The van der Waals surface area contributed by atoms with Crippen molar-refractivity contribution >= 4 is 16.9 Å². The fourth-order valence-corrected chi connectivity index (χ4v) is 3.72. The molecular weight excluding hydrogens is 468 g/mol. The topological polar surface area (TPSA) is 185 Å². The molecule has 3 aromatic rings. The van der Waals surface area contributed by atoms with Crippen molar-refractivity contribution in [2.75, 3.05) is 14.2 Å². The zero-order valence-corrected chi connectivity index (χ0v) is 18.4. The van der Waals surface area contributed by atoms with Gasteiger partial charge in [-0.05, 0) is 24.3 Å². The Balaban J connectivity index is 1.78. The number of hydrogen-bond acceptors (Lipinski definition) is 11. The fourth-order valence-electron chi connectivity index (χ4n) is 3.72. The van der Waals surface area contributed by atoms with Crippen LogP contribution in [0.1, 0.15) is 0 Å². The summed E-state index contributed by atoms with van der Waals surface area (Å²) in [5.74, 6) is -2.09. The number of carboxylic acid groups (broad SMARTS) is 1. The summed E-state index contributed by atoms with van der Waals surface area (Å²) in [4.78, 5) is 24.2. The highest BCUT2D eigenvalue weighted by Crippen LogP contribution is 2.43. The van der Waals surface area contributed by atoms with E-state index in [9.17, 15) is 35.1 Å². The minimum atomic E-state index is -1.92. The van der Waals surface area contributed by atoms with Crippen LogP contribution in [0.15, 0.2) is 45.6 Å². The number of phenolic OH excluding ortho intramolecular Hbond substituents is 1. The Labute approximate surface area is 197 Å². The lowest BCUT2D eigenvalue weighted by Gasteiger charge is -2.38. The van der Waals surface area contributed by atoms with E-state index in [4.69, 9.17) is 23.4 Å². The monoisotopic (exact) mass is 490 g/mol. The van der Waals surface area contributed by atoms with E-state index in [1.54, 1.807) is 24.3 Å². The molecule has 5 N–H and O–H groups in total. The van der Waals surface area contributed by atoms with Crippen LogP contribution in [0.4, 0.5) is 0 Å². The van der Waals surface area contributed by atoms with Gasteiger partial charge in [-0.3, -0.25) is 4.79 Å². The van der Waals surface area contributed by atoms with Crippen LogP contribution in [-0.2, 0) is 9.53 Å². The van der Waals surface area contributed by atoms with Crippen LogP contribution >= 0.6 is 0 Å². The van der Waals surface area contributed by atoms with Gasteiger partial charge in [0.05, 0.1) is 14.2 Å². The lowest BCUT2D eigenvalue weighted by atomic mass is 9.99. The van der Waals surface area contributed by atoms with Gasteiger partial charge in [0, 0.05) is 17.7 Å². The van der Waals surface area contributed by atoms with E-state index in [1.807, 2.05) is 0 Å². The number of carboxylic acids is 1. The molecule has 4 rings (SSSR count). The molecule has 0 amide bonds. The predicted octanol–water partition coefficient (Wildman–Crippen LogP) is 0.454. The molecule has 0 spiro atoms. The van der Waals surface area contributed by atoms with Gasteiger partial charge in [-0.25, -0.2) is 4.79 Å². The van der Waals surface area contributed by atoms with Gasteiger partial charge in [0.2, 0.25) is 12.0 Å². The van der Waals surface area contributed by atoms with Crippen molar-refractivity contribution in [2.24, 2.45) is 0 Å². The molecule has 1 fully saturated rings. The number of benzene rings is 2. The molecule has 1 aromatic heterocycles. The summed E-state index contributed by atoms with van der Waals surface area (Å²) in [6.45, 7) is 0. The number of phenols is 1. The van der Waals surface area contributed by atoms with Gasteiger partial charge in [-0.15, -0.1) is 0 Å². The van der Waals surface area contributed by atoms with Crippen LogP contribution in [0, 0.1) is 0 Å². The van der Waals surface area contributed by atoms with E-state index in [-0.39, 0.29) is 28.2 Å². The fraction of sp³-hybridized carbons (Fsp3) is 0.304. The van der Waals surface area contributed by atoms with E-state index in [0.29, 0.717) is 11.3 Å². The summed E-state index contributed by atoms with van der Waals surface area (Å²) in [6.07, 6.45) is -9.37. The maximum absolute atomic E-state index is 12.8. The SMILES string of the molecule is COc1ccc(-c2cc(=O)c3c(O)c(OC)c(O[C@@H]4OC(C(=O)O)[C@@H](O)[C@H](O)C4O)cc3o2)cc1. The van der Waals surface area contributed by atoms with Crippen molar-refractivity contribution in [3.8, 4) is 34.3 Å². The highest BCUT2D eigenvalue weighted by Gasteiger charge is 2.48. The molecule has 2 heterocycles. The summed E-state index contributed by atoms with van der Waals surface area (Å²) in [7, 11) is 2.69. The molecule has 1 saturated heterocycles. The first-order valence-corrected chi connectivity index (χ1v) is 10.3. The molecule has 0 bridgehead atoms. The Bertz CT molecular complexity index is 1300. The molecule has 1 aliphatic heterocycles. The Morgan fingerprint density at radius 1 is 0.971 bits per heavy atom. The molecule has 5 atom stereocenters. The van der Waals surface area contributed by atoms with E-state index in [2.05, 4.69) is 0 Å². The molecule has 12 heteroatoms. The first-order chi connectivity index (χ1) is 16.7. The van der Waals surface area contributed by atoms with Gasteiger partial charge in [-0.1, -0.05) is 0 Å². The smallest absolute Gasteiger partial charge is 0.335 e. The lowest BCUT2D eigenvalue weighted by molar-refractivity contribution is -0.271. The molecule has 186 valence electrons. The quantitative estimate of drug-likeness (QED) is 0.322. The number of carbonyl (C=O) groups is 1. The number of rotatable bonds is 6. The van der Waals surface area contributed by atoms with Crippen LogP contribution in [0.5, 0.6) is 23.0 Å². The maximum Gasteiger partial charge on any atom is 0.335 e. The average Bonchev–Trinajstić information content (AvgIpc) is 2.83. The highest BCUT2D eigenvalue weighted by molar-refractivity contribution is 5.89. The molecule has 2 aromatic carbocycles. The van der Waals surface area contributed by atoms with Gasteiger partial charge < -0.3 is 48.9 Å². The van der Waals surface area contributed by atoms with Crippen molar-refractivity contribution in [1.29, 1.82) is 0 Å². The first-order valence-electron chi connectivity index (χ1n) is 10.3. The second-order valence-corrected chi connectivity index (χ2v) is 7.69. The highest BCUT2D eigenvalue weighted by atomic mass is 16.7. The zero-order valence-electron chi connectivity index (χ0n) is 18.4. The summed E-state index contributed by atoms with van der Waals surface area (Å²) >= 11 is 0. The van der Waals surface area contributed by atoms with E-state index in [1.165, 1.54) is 26.4 Å². The number of aliphatic hydroxyl groups is 3. The van der Waals surface area contributed by atoms with Crippen LogP contribution in [0.3, 0.4) is 0 Å². The Hall–Kier alpha value is -3.84. The number of aromatic hydroxyl groups is 1. The minimum Gasteiger partial charge on any atom is -0.504 e. The Morgan fingerprint density at radius 3 is 2.26 bits per heavy atom. The lowest BCUT2D eigenvalue weighted by Crippen LogP contribution is -2.61. The Kier molecular flexibility index (Phi) is 6.54. The van der Waals surface area contributed by atoms with Gasteiger partial charge in [0.15, 0.2) is 23.0 Å². The van der Waals surface area contributed by atoms with Gasteiger partial charge in [0.1, 0.15) is 40.8 Å². The third kappa shape index (κ3) is 4.35. The first kappa shape index (κ1) is 24.3. The molecule has 0 saturated carbocycles. The number of aliphatic carboxylic acids is 1. The van der Waals surface area contributed by atoms with E-state index < -0.39 is 47.9 Å². The zero-order chi connectivity index (χ0) is 25.4. The maximum atomic E-state index is 12.8. The molecule has 12 nitrogen and oxygen atoms in total. The second-order valence-electron chi connectivity index (χ2n) is 7.69. The molecule has 35 heavy (non-hydrogen) atoms. The molecular formula is C23H22O12. The summed E-state index contributed by atoms with van der Waals surface area (Å²) in [6, 6.07) is 9.03. The van der Waals surface area contributed by atoms with Crippen molar-refractivity contribution < 1.29 is 53.7 Å². The van der Waals surface area contributed by atoms with Crippen LogP contribution < -0.4 is 19.6 Å². The van der Waals surface area contributed by atoms with E-state index in [0.717, 1.165) is 0 Å². The second kappa shape index (κ2) is 9.43. The van der Waals surface area contributed by atoms with Gasteiger partial charge in [0.25, 0.3) is 0 Å². The van der Waals surface area contributed by atoms with E-state index >= 15 is 0 Å². The number of methoxy groups -OCH3 is 2. The molecule has 0 aliphatic carbocycles. The molecule has 0 radical (unpaired) electrons. The van der Waals surface area contributed by atoms with Crippen molar-refractivity contribution in [3.63, 3.8) is 0 Å².